The van der Waals surface area contributed by atoms with Gasteiger partial charge in [0.2, 0.25) is 0 Å². The summed E-state index contributed by atoms with van der Waals surface area (Å²) in [4.78, 5) is 23.2. The highest BCUT2D eigenvalue weighted by molar-refractivity contribution is 5.88. The van der Waals surface area contributed by atoms with E-state index in [1.54, 1.807) is 0 Å². The molecule has 0 saturated heterocycles. The highest BCUT2D eigenvalue weighted by atomic mass is 16.6. The van der Waals surface area contributed by atoms with Crippen molar-refractivity contribution in [3.05, 3.63) is 213 Å². The van der Waals surface area contributed by atoms with Gasteiger partial charge in [0.1, 0.15) is 0 Å². The van der Waals surface area contributed by atoms with Crippen LogP contribution in [0, 0.1) is 0 Å². The minimum atomic E-state index is 0.593. The van der Waals surface area contributed by atoms with E-state index < -0.39 is 0 Å². The number of benzene rings is 7. The number of rotatable bonds is 8. The predicted molar refractivity (Wildman–Crippen MR) is 245 cm³/mol. The molecule has 1 aliphatic rings. The fraction of sp³-hybridized carbons (Fsp3) is 0. The number of nitrogens with zero attached hydrogens (tertiary/aromatic N) is 5. The van der Waals surface area contributed by atoms with Crippen molar-refractivity contribution in [1.29, 1.82) is 0 Å². The summed E-state index contributed by atoms with van der Waals surface area (Å²) in [7, 11) is 0. The van der Waals surface area contributed by atoms with Gasteiger partial charge in [0.15, 0.2) is 40.5 Å². The van der Waals surface area contributed by atoms with Crippen LogP contribution < -0.4 is 9.47 Å². The van der Waals surface area contributed by atoms with Crippen LogP contribution in [0.2, 0.25) is 0 Å². The number of aromatic nitrogens is 5. The van der Waals surface area contributed by atoms with Gasteiger partial charge >= 0.3 is 0 Å². The molecule has 0 unspecified atom stereocenters. The van der Waals surface area contributed by atoms with Crippen LogP contribution in [0.1, 0.15) is 0 Å². The topological polar surface area (TPSA) is 82.9 Å². The third-order valence-electron chi connectivity index (χ3n) is 11.0. The third-order valence-corrected chi connectivity index (χ3v) is 11.0. The molecule has 7 nitrogen and oxygen atoms in total. The zero-order valence-electron chi connectivity index (χ0n) is 33.3. The number of fused-ring (bicyclic) bond motifs is 2. The smallest absolute Gasteiger partial charge is 0.170 e. The largest absolute Gasteiger partial charge is 0.449 e. The molecule has 1 aliphatic heterocycles. The van der Waals surface area contributed by atoms with Crippen LogP contribution in [0.15, 0.2) is 213 Å². The summed E-state index contributed by atoms with van der Waals surface area (Å²) >= 11 is 0. The molecule has 4 heterocycles. The molecule has 3 aromatic heterocycles. The molecule has 10 aromatic rings. The van der Waals surface area contributed by atoms with E-state index in [9.17, 15) is 0 Å². The van der Waals surface area contributed by atoms with E-state index in [0.717, 1.165) is 72.3 Å². The number of ether oxygens (including phenoxy) is 2. The zero-order valence-corrected chi connectivity index (χ0v) is 33.3. The fourth-order valence-electron chi connectivity index (χ4n) is 7.83. The quantitative estimate of drug-likeness (QED) is 0.151. The Hall–Kier alpha value is -8.55. The van der Waals surface area contributed by atoms with Crippen LogP contribution >= 0.6 is 0 Å². The van der Waals surface area contributed by atoms with Crippen LogP contribution in [-0.2, 0) is 0 Å². The molecule has 0 fully saturated rings. The second-order valence-corrected chi connectivity index (χ2v) is 15.0. The lowest BCUT2D eigenvalue weighted by Gasteiger charge is -2.24. The summed E-state index contributed by atoms with van der Waals surface area (Å²) in [5.41, 5.74) is 13.3. The molecule has 0 amide bonds. The number of hydrogen-bond donors (Lipinski definition) is 0. The molecule has 0 spiro atoms. The summed E-state index contributed by atoms with van der Waals surface area (Å²) in [6.45, 7) is 0. The first-order chi connectivity index (χ1) is 30.7. The lowest BCUT2D eigenvalue weighted by Crippen LogP contribution is -2.01. The average Bonchev–Trinajstić information content (AvgIpc) is 3.36. The molecule has 0 aliphatic carbocycles. The maximum atomic E-state index is 6.74. The van der Waals surface area contributed by atoms with Gasteiger partial charge in [-0.3, -0.25) is 9.97 Å². The van der Waals surface area contributed by atoms with E-state index in [1.807, 2.05) is 134 Å². The number of hydrogen-bond acceptors (Lipinski definition) is 7. The van der Waals surface area contributed by atoms with Crippen LogP contribution in [0.3, 0.4) is 0 Å². The Morgan fingerprint density at radius 3 is 1.13 bits per heavy atom. The van der Waals surface area contributed by atoms with Gasteiger partial charge in [0, 0.05) is 41.5 Å². The van der Waals surface area contributed by atoms with Crippen molar-refractivity contribution >= 4 is 0 Å². The Bertz CT molecular complexity index is 3140. The molecule has 7 aromatic carbocycles. The minimum Gasteiger partial charge on any atom is -0.449 e. The van der Waals surface area contributed by atoms with Gasteiger partial charge in [0.05, 0.1) is 0 Å². The summed E-state index contributed by atoms with van der Waals surface area (Å²) < 4.78 is 13.4. The van der Waals surface area contributed by atoms with Gasteiger partial charge in [-0.15, -0.1) is 0 Å². The monoisotopic (exact) mass is 797 g/mol. The molecule has 0 N–H and O–H groups in total. The van der Waals surface area contributed by atoms with E-state index in [4.69, 9.17) is 24.4 Å². The average molecular weight is 798 g/mol. The Labute approximate surface area is 358 Å². The highest BCUT2D eigenvalue weighted by Crippen LogP contribution is 2.51. The molecular weight excluding hydrogens is 763 g/mol. The lowest BCUT2D eigenvalue weighted by molar-refractivity contribution is 0.360. The zero-order chi connectivity index (χ0) is 41.2. The van der Waals surface area contributed by atoms with Crippen molar-refractivity contribution in [2.45, 2.75) is 0 Å². The first-order valence-corrected chi connectivity index (χ1v) is 20.4. The van der Waals surface area contributed by atoms with Crippen molar-refractivity contribution in [2.75, 3.05) is 0 Å². The molecule has 0 saturated carbocycles. The lowest BCUT2D eigenvalue weighted by atomic mass is 9.91. The predicted octanol–water partition coefficient (Wildman–Crippen LogP) is 13.9. The van der Waals surface area contributed by atoms with Crippen molar-refractivity contribution < 1.29 is 9.47 Å². The summed E-state index contributed by atoms with van der Waals surface area (Å²) in [5.74, 6) is 4.39. The van der Waals surface area contributed by atoms with Crippen LogP contribution in [0.25, 0.3) is 89.8 Å². The van der Waals surface area contributed by atoms with Crippen LogP contribution in [-0.4, -0.2) is 24.9 Å². The summed E-state index contributed by atoms with van der Waals surface area (Å²) in [6.07, 6.45) is 7.26. The van der Waals surface area contributed by atoms with Crippen molar-refractivity contribution in [2.24, 2.45) is 0 Å². The van der Waals surface area contributed by atoms with Crippen molar-refractivity contribution in [3.8, 4) is 113 Å². The van der Waals surface area contributed by atoms with Gasteiger partial charge in [0.25, 0.3) is 0 Å². The van der Waals surface area contributed by atoms with Gasteiger partial charge in [-0.1, -0.05) is 133 Å². The molecule has 0 radical (unpaired) electrons. The second kappa shape index (κ2) is 15.9. The molecule has 62 heavy (non-hydrogen) atoms. The van der Waals surface area contributed by atoms with E-state index >= 15 is 0 Å². The van der Waals surface area contributed by atoms with Gasteiger partial charge in [-0.05, 0) is 110 Å². The van der Waals surface area contributed by atoms with Crippen LogP contribution in [0.5, 0.6) is 23.0 Å². The van der Waals surface area contributed by atoms with E-state index in [2.05, 4.69) is 88.8 Å². The standard InChI is InChI=1S/C55H35N5O2/c1-3-8-42(9-4-1)53-58-54(43-10-5-2-6-11-43)60-55(59-53)46-13-7-12-44(32-46)45-22-23-49-50(33-45)62-52-35-48(41-20-16-37(17-21-41)39-26-30-57-31-27-39)47(34-51(52)61-49)40-18-14-36(15-19-40)38-24-28-56-29-25-38/h1-35H. The summed E-state index contributed by atoms with van der Waals surface area (Å²) in [5, 5.41) is 0. The molecule has 7 heteroatoms. The third kappa shape index (κ3) is 7.24. The Morgan fingerprint density at radius 1 is 0.242 bits per heavy atom. The molecule has 292 valence electrons. The van der Waals surface area contributed by atoms with Crippen molar-refractivity contribution in [3.63, 3.8) is 0 Å². The second-order valence-electron chi connectivity index (χ2n) is 15.0. The summed E-state index contributed by atoms with van der Waals surface area (Å²) in [6, 6.07) is 63.8. The van der Waals surface area contributed by atoms with E-state index in [1.165, 1.54) is 0 Å². The molecular formula is C55H35N5O2. The molecule has 0 atom stereocenters. The van der Waals surface area contributed by atoms with Gasteiger partial charge < -0.3 is 9.47 Å². The Kier molecular flexibility index (Phi) is 9.37. The Morgan fingerprint density at radius 2 is 0.613 bits per heavy atom. The first kappa shape index (κ1) is 36.5. The minimum absolute atomic E-state index is 0.593. The van der Waals surface area contributed by atoms with Crippen LogP contribution in [0.4, 0.5) is 0 Å². The van der Waals surface area contributed by atoms with E-state index in [0.29, 0.717) is 40.5 Å². The fourth-order valence-corrected chi connectivity index (χ4v) is 7.83. The normalized spacial score (nSPS) is 11.5. The number of pyridine rings is 2. The van der Waals surface area contributed by atoms with Gasteiger partial charge in [-0.2, -0.15) is 0 Å². The van der Waals surface area contributed by atoms with Gasteiger partial charge in [-0.25, -0.2) is 15.0 Å². The maximum Gasteiger partial charge on any atom is 0.170 e. The first-order valence-electron chi connectivity index (χ1n) is 20.4. The maximum absolute atomic E-state index is 6.74. The molecule has 11 rings (SSSR count). The van der Waals surface area contributed by atoms with E-state index in [-0.39, 0.29) is 0 Å². The van der Waals surface area contributed by atoms with Crippen molar-refractivity contribution in [1.82, 2.24) is 24.9 Å². The Balaban J connectivity index is 0.947. The highest BCUT2D eigenvalue weighted by Gasteiger charge is 2.24. The SMILES string of the molecule is c1ccc(-c2nc(-c3ccccc3)nc(-c3cccc(-c4ccc5c(c4)Oc4cc(-c6ccc(-c7ccncc7)cc6)c(-c6ccc(-c7ccncc7)cc6)cc4O5)c3)n2)cc1. The molecule has 0 bridgehead atoms.